The van der Waals surface area contributed by atoms with Gasteiger partial charge in [0.15, 0.2) is 0 Å². The van der Waals surface area contributed by atoms with E-state index in [1.54, 1.807) is 0 Å². The monoisotopic (exact) mass is 346 g/mol. The molecule has 0 aliphatic heterocycles. The summed E-state index contributed by atoms with van der Waals surface area (Å²) >= 11 is 0. The Labute approximate surface area is 152 Å². The summed E-state index contributed by atoms with van der Waals surface area (Å²) < 4.78 is 0. The van der Waals surface area contributed by atoms with Gasteiger partial charge in [-0.2, -0.15) is 0 Å². The molecule has 3 nitrogen and oxygen atoms in total. The zero-order valence-electron chi connectivity index (χ0n) is 15.5. The molecular formula is C22H34O3. The maximum Gasteiger partial charge on any atom is 0.0684 e. The standard InChI is InChI=1S/C22H34O3/c1-2-3-4-8-18(24)9-10-19-21-11-15-6-5-7-16(14-23)20(15)12-17(21)13-22(19)25/h5-7,17-19,21-25H,2-4,8-14H2,1H3/t17?,18-,19+,21-,22+/m0/s1. The van der Waals surface area contributed by atoms with Gasteiger partial charge in [0.05, 0.1) is 18.8 Å². The molecule has 2 aliphatic rings. The molecule has 1 fully saturated rings. The second-order valence-corrected chi connectivity index (χ2v) is 8.24. The molecule has 0 amide bonds. The van der Waals surface area contributed by atoms with Gasteiger partial charge >= 0.3 is 0 Å². The van der Waals surface area contributed by atoms with Crippen molar-refractivity contribution in [2.45, 2.75) is 83.5 Å². The number of hydrogen-bond donors (Lipinski definition) is 3. The van der Waals surface area contributed by atoms with Crippen molar-refractivity contribution in [3.8, 4) is 0 Å². The first-order valence-electron chi connectivity index (χ1n) is 10.2. The first-order chi connectivity index (χ1) is 12.1. The molecular weight excluding hydrogens is 312 g/mol. The number of aliphatic hydroxyl groups excluding tert-OH is 3. The van der Waals surface area contributed by atoms with E-state index in [4.69, 9.17) is 0 Å². The predicted molar refractivity (Wildman–Crippen MR) is 100 cm³/mol. The van der Waals surface area contributed by atoms with Crippen molar-refractivity contribution in [1.82, 2.24) is 0 Å². The molecule has 0 radical (unpaired) electrons. The van der Waals surface area contributed by atoms with Crippen LogP contribution >= 0.6 is 0 Å². The Morgan fingerprint density at radius 1 is 1.16 bits per heavy atom. The molecule has 3 rings (SSSR count). The van der Waals surface area contributed by atoms with Crippen molar-refractivity contribution < 1.29 is 15.3 Å². The minimum absolute atomic E-state index is 0.108. The minimum Gasteiger partial charge on any atom is -0.393 e. The van der Waals surface area contributed by atoms with Gasteiger partial charge in [0.1, 0.15) is 0 Å². The third-order valence-corrected chi connectivity index (χ3v) is 6.63. The Bertz CT molecular complexity index is 556. The molecule has 1 unspecified atom stereocenters. The average molecular weight is 347 g/mol. The lowest BCUT2D eigenvalue weighted by Gasteiger charge is -2.32. The van der Waals surface area contributed by atoms with Crippen LogP contribution in [0.2, 0.25) is 0 Å². The Balaban J connectivity index is 1.61. The highest BCUT2D eigenvalue weighted by Gasteiger charge is 2.44. The van der Waals surface area contributed by atoms with Crippen LogP contribution in [0.5, 0.6) is 0 Å². The molecule has 25 heavy (non-hydrogen) atoms. The highest BCUT2D eigenvalue weighted by molar-refractivity contribution is 5.38. The van der Waals surface area contributed by atoms with Crippen molar-refractivity contribution in [2.24, 2.45) is 17.8 Å². The molecule has 1 aromatic rings. The van der Waals surface area contributed by atoms with E-state index in [0.29, 0.717) is 17.8 Å². The third kappa shape index (κ3) is 4.27. The fraction of sp³-hybridized carbons (Fsp3) is 0.727. The SMILES string of the molecule is CCCCC[C@H](O)CC[C@H]1[C@H](O)CC2Cc3c(CO)cccc3C[C@@H]21. The molecule has 5 atom stereocenters. The van der Waals surface area contributed by atoms with Crippen molar-refractivity contribution in [3.05, 3.63) is 34.9 Å². The topological polar surface area (TPSA) is 60.7 Å². The highest BCUT2D eigenvalue weighted by Crippen LogP contribution is 2.47. The summed E-state index contributed by atoms with van der Waals surface area (Å²) in [5, 5.41) is 30.5. The summed E-state index contributed by atoms with van der Waals surface area (Å²) in [7, 11) is 0. The van der Waals surface area contributed by atoms with Crippen molar-refractivity contribution in [1.29, 1.82) is 0 Å². The van der Waals surface area contributed by atoms with E-state index in [-0.39, 0.29) is 18.8 Å². The summed E-state index contributed by atoms with van der Waals surface area (Å²) in [6, 6.07) is 6.25. The molecule has 0 bridgehead atoms. The molecule has 2 aliphatic carbocycles. The van der Waals surface area contributed by atoms with Crippen molar-refractivity contribution in [3.63, 3.8) is 0 Å². The molecule has 0 spiro atoms. The first-order valence-corrected chi connectivity index (χ1v) is 10.2. The molecule has 3 N–H and O–H groups in total. The van der Waals surface area contributed by atoms with Gasteiger partial charge in [-0.25, -0.2) is 0 Å². The van der Waals surface area contributed by atoms with Crippen molar-refractivity contribution >= 4 is 0 Å². The maximum atomic E-state index is 10.6. The fourth-order valence-electron chi connectivity index (χ4n) is 5.22. The molecule has 1 aromatic carbocycles. The Morgan fingerprint density at radius 2 is 2.00 bits per heavy atom. The van der Waals surface area contributed by atoms with Crippen molar-refractivity contribution in [2.75, 3.05) is 0 Å². The number of fused-ring (bicyclic) bond motifs is 2. The van der Waals surface area contributed by atoms with E-state index < -0.39 is 0 Å². The van der Waals surface area contributed by atoms with E-state index in [2.05, 4.69) is 13.0 Å². The number of hydrogen-bond acceptors (Lipinski definition) is 3. The van der Waals surface area contributed by atoms with Crippen LogP contribution in [0, 0.1) is 17.8 Å². The van der Waals surface area contributed by atoms with Gasteiger partial charge in [0.2, 0.25) is 0 Å². The molecule has 0 heterocycles. The zero-order valence-corrected chi connectivity index (χ0v) is 15.5. The van der Waals surface area contributed by atoms with E-state index in [0.717, 1.165) is 50.5 Å². The quantitative estimate of drug-likeness (QED) is 0.630. The lowest BCUT2D eigenvalue weighted by atomic mass is 9.72. The Hall–Kier alpha value is -0.900. The maximum absolute atomic E-state index is 10.6. The number of benzene rings is 1. The van der Waals surface area contributed by atoms with E-state index in [1.165, 1.54) is 24.0 Å². The van der Waals surface area contributed by atoms with Gasteiger partial charge < -0.3 is 15.3 Å². The number of unbranched alkanes of at least 4 members (excludes halogenated alkanes) is 2. The summed E-state index contributed by atoms with van der Waals surface area (Å²) in [4.78, 5) is 0. The normalized spacial score (nSPS) is 29.3. The smallest absolute Gasteiger partial charge is 0.0684 e. The first kappa shape index (κ1) is 18.9. The number of rotatable bonds is 8. The predicted octanol–water partition coefficient (Wildman–Crippen LogP) is 3.61. The Kier molecular flexibility index (Phi) is 6.54. The summed E-state index contributed by atoms with van der Waals surface area (Å²) in [5.74, 6) is 1.37. The second-order valence-electron chi connectivity index (χ2n) is 8.24. The second kappa shape index (κ2) is 8.66. The van der Waals surface area contributed by atoms with Crippen LogP contribution < -0.4 is 0 Å². The van der Waals surface area contributed by atoms with E-state index in [1.807, 2.05) is 12.1 Å². The fourth-order valence-corrected chi connectivity index (χ4v) is 5.22. The summed E-state index contributed by atoms with van der Waals surface area (Å²) in [6.45, 7) is 2.29. The van der Waals surface area contributed by atoms with Crippen LogP contribution in [0.4, 0.5) is 0 Å². The van der Waals surface area contributed by atoms with Crippen LogP contribution in [-0.2, 0) is 19.4 Å². The minimum atomic E-state index is -0.232. The molecule has 3 heteroatoms. The molecule has 140 valence electrons. The van der Waals surface area contributed by atoms with Gasteiger partial charge in [-0.1, -0.05) is 44.4 Å². The van der Waals surface area contributed by atoms with Crippen LogP contribution in [0.1, 0.15) is 68.6 Å². The zero-order chi connectivity index (χ0) is 17.8. The van der Waals surface area contributed by atoms with Crippen LogP contribution in [0.25, 0.3) is 0 Å². The van der Waals surface area contributed by atoms with Gasteiger partial charge in [-0.3, -0.25) is 0 Å². The number of aliphatic hydroxyl groups is 3. The molecule has 0 aromatic heterocycles. The average Bonchev–Trinajstić information content (AvgIpc) is 2.92. The van der Waals surface area contributed by atoms with Gasteiger partial charge in [0.25, 0.3) is 0 Å². The lowest BCUT2D eigenvalue weighted by Crippen LogP contribution is -2.28. The van der Waals surface area contributed by atoms with Crippen LogP contribution in [-0.4, -0.2) is 27.5 Å². The van der Waals surface area contributed by atoms with Gasteiger partial charge in [-0.15, -0.1) is 0 Å². The summed E-state index contributed by atoms with van der Waals surface area (Å²) in [5.41, 5.74) is 3.73. The summed E-state index contributed by atoms with van der Waals surface area (Å²) in [6.07, 6.45) is 8.57. The lowest BCUT2D eigenvalue weighted by molar-refractivity contribution is 0.0869. The van der Waals surface area contributed by atoms with E-state index >= 15 is 0 Å². The highest BCUT2D eigenvalue weighted by atomic mass is 16.3. The van der Waals surface area contributed by atoms with Gasteiger partial charge in [-0.05, 0) is 73.0 Å². The van der Waals surface area contributed by atoms with Crippen LogP contribution in [0.15, 0.2) is 18.2 Å². The van der Waals surface area contributed by atoms with Crippen LogP contribution in [0.3, 0.4) is 0 Å². The van der Waals surface area contributed by atoms with Gasteiger partial charge in [0, 0.05) is 0 Å². The molecule has 1 saturated carbocycles. The molecule has 0 saturated heterocycles. The van der Waals surface area contributed by atoms with E-state index in [9.17, 15) is 15.3 Å². The third-order valence-electron chi connectivity index (χ3n) is 6.63. The largest absolute Gasteiger partial charge is 0.393 e. The Morgan fingerprint density at radius 3 is 2.76 bits per heavy atom.